The molecule has 0 fully saturated rings. The number of carbonyl (C=O) groups excluding carboxylic acids is 1. The van der Waals surface area contributed by atoms with E-state index in [0.717, 1.165) is 16.8 Å². The number of rotatable bonds is 9. The molecule has 1 amide bonds. The van der Waals surface area contributed by atoms with E-state index in [2.05, 4.69) is 10.3 Å². The Kier molecular flexibility index (Phi) is 7.95. The molecule has 0 radical (unpaired) electrons. The summed E-state index contributed by atoms with van der Waals surface area (Å²) in [6.45, 7) is 5.84. The highest BCUT2D eigenvalue weighted by molar-refractivity contribution is 5.72. The molecule has 2 rings (SSSR count). The van der Waals surface area contributed by atoms with Crippen molar-refractivity contribution in [1.82, 2.24) is 10.3 Å². The second-order valence-corrected chi connectivity index (χ2v) is 6.74. The Labute approximate surface area is 164 Å². The molecule has 0 saturated carbocycles. The van der Waals surface area contributed by atoms with Gasteiger partial charge in [0.05, 0.1) is 11.8 Å². The second kappa shape index (κ2) is 10.4. The highest BCUT2D eigenvalue weighted by Crippen LogP contribution is 2.11. The molecule has 0 aliphatic rings. The van der Waals surface area contributed by atoms with Gasteiger partial charge in [-0.15, -0.1) is 0 Å². The number of benzene rings is 1. The normalized spacial score (nSPS) is 11.9. The van der Waals surface area contributed by atoms with E-state index in [1.165, 1.54) is 0 Å². The van der Waals surface area contributed by atoms with Gasteiger partial charge in [-0.2, -0.15) is 0 Å². The number of aliphatic carboxylic acids is 1. The van der Waals surface area contributed by atoms with Crippen molar-refractivity contribution in [2.45, 2.75) is 52.6 Å². The van der Waals surface area contributed by atoms with Crippen LogP contribution in [0.15, 0.2) is 42.5 Å². The van der Waals surface area contributed by atoms with Crippen LogP contribution >= 0.6 is 0 Å². The average Bonchev–Trinajstić information content (AvgIpc) is 2.64. The quantitative estimate of drug-likeness (QED) is 0.687. The van der Waals surface area contributed by atoms with Gasteiger partial charge < -0.3 is 19.9 Å². The zero-order valence-electron chi connectivity index (χ0n) is 16.3. The lowest BCUT2D eigenvalue weighted by molar-refractivity contribution is -0.153. The number of ether oxygens (including phenoxy) is 2. The van der Waals surface area contributed by atoms with E-state index in [-0.39, 0.29) is 25.7 Å². The molecule has 0 saturated heterocycles. The fraction of sp³-hybridized carbons (Fsp3) is 0.381. The molecule has 0 aliphatic heterocycles. The molecule has 1 atom stereocenters. The van der Waals surface area contributed by atoms with Crippen molar-refractivity contribution in [1.29, 1.82) is 0 Å². The fourth-order valence-electron chi connectivity index (χ4n) is 2.65. The third-order valence-corrected chi connectivity index (χ3v) is 3.86. The van der Waals surface area contributed by atoms with Crippen molar-refractivity contribution in [3.63, 3.8) is 0 Å². The summed E-state index contributed by atoms with van der Waals surface area (Å²) in [5, 5.41) is 12.0. The van der Waals surface area contributed by atoms with Crippen LogP contribution in [-0.2, 0) is 33.8 Å². The molecular weight excluding hydrogens is 360 g/mol. The first-order valence-corrected chi connectivity index (χ1v) is 9.12. The van der Waals surface area contributed by atoms with Gasteiger partial charge in [-0.05, 0) is 44.0 Å². The van der Waals surface area contributed by atoms with Crippen molar-refractivity contribution in [2.24, 2.45) is 0 Å². The first-order chi connectivity index (χ1) is 13.3. The van der Waals surface area contributed by atoms with Crippen LogP contribution in [0.2, 0.25) is 0 Å². The lowest BCUT2D eigenvalue weighted by atomic mass is 10.0. The minimum absolute atomic E-state index is 0.0976. The topological polar surface area (TPSA) is 97.8 Å². The van der Waals surface area contributed by atoms with Gasteiger partial charge in [-0.1, -0.05) is 30.3 Å². The Morgan fingerprint density at radius 3 is 2.54 bits per heavy atom. The molecule has 0 aliphatic carbocycles. The molecule has 1 aromatic heterocycles. The number of carboxylic acid groups (broad SMARTS) is 1. The summed E-state index contributed by atoms with van der Waals surface area (Å²) in [5.41, 5.74) is 3.21. The van der Waals surface area contributed by atoms with Crippen molar-refractivity contribution in [2.75, 3.05) is 0 Å². The summed E-state index contributed by atoms with van der Waals surface area (Å²) in [7, 11) is 0. The minimum Gasteiger partial charge on any atom is -0.479 e. The fourth-order valence-corrected chi connectivity index (χ4v) is 2.65. The Bertz CT molecular complexity index is 807. The van der Waals surface area contributed by atoms with E-state index in [9.17, 15) is 14.7 Å². The summed E-state index contributed by atoms with van der Waals surface area (Å²) in [6.07, 6.45) is -1.37. The Morgan fingerprint density at radius 2 is 1.86 bits per heavy atom. The van der Waals surface area contributed by atoms with E-state index in [0.29, 0.717) is 5.69 Å². The lowest BCUT2D eigenvalue weighted by Gasteiger charge is -2.17. The van der Waals surface area contributed by atoms with Gasteiger partial charge in [-0.25, -0.2) is 9.59 Å². The first-order valence-electron chi connectivity index (χ1n) is 9.12. The predicted molar refractivity (Wildman–Crippen MR) is 104 cm³/mol. The molecule has 1 aromatic carbocycles. The number of alkyl carbamates (subject to hydrolysis) is 1. The Morgan fingerprint density at radius 1 is 1.14 bits per heavy atom. The van der Waals surface area contributed by atoms with Crippen LogP contribution in [0.5, 0.6) is 0 Å². The number of aromatic nitrogens is 1. The first kappa shape index (κ1) is 21.4. The average molecular weight is 386 g/mol. The largest absolute Gasteiger partial charge is 0.479 e. The number of carbonyl (C=O) groups is 2. The molecule has 7 heteroatoms. The zero-order chi connectivity index (χ0) is 20.5. The van der Waals surface area contributed by atoms with Gasteiger partial charge in [0.15, 0.2) is 6.10 Å². The Hall–Kier alpha value is -2.93. The van der Waals surface area contributed by atoms with E-state index in [1.807, 2.05) is 43.3 Å². The number of aryl methyl sites for hydroxylation is 1. The van der Waals surface area contributed by atoms with Crippen molar-refractivity contribution in [3.8, 4) is 0 Å². The molecule has 7 nitrogen and oxygen atoms in total. The van der Waals surface area contributed by atoms with E-state index in [1.54, 1.807) is 19.9 Å². The number of amides is 1. The Balaban J connectivity index is 1.86. The number of hydrogen-bond donors (Lipinski definition) is 2. The summed E-state index contributed by atoms with van der Waals surface area (Å²) < 4.78 is 10.6. The number of nitrogens with one attached hydrogen (secondary N) is 1. The number of nitrogens with zero attached hydrogens (tertiary/aromatic N) is 1. The van der Waals surface area contributed by atoms with Gasteiger partial charge in [-0.3, -0.25) is 4.98 Å². The maximum absolute atomic E-state index is 11.9. The smallest absolute Gasteiger partial charge is 0.407 e. The van der Waals surface area contributed by atoms with Crippen molar-refractivity contribution < 1.29 is 24.2 Å². The molecule has 0 spiro atoms. The van der Waals surface area contributed by atoms with E-state index in [4.69, 9.17) is 9.47 Å². The maximum Gasteiger partial charge on any atom is 0.407 e. The van der Waals surface area contributed by atoms with Gasteiger partial charge in [0.2, 0.25) is 0 Å². The minimum atomic E-state index is -0.995. The zero-order valence-corrected chi connectivity index (χ0v) is 16.3. The molecule has 2 aromatic rings. The molecule has 28 heavy (non-hydrogen) atoms. The maximum atomic E-state index is 11.9. The highest BCUT2D eigenvalue weighted by atomic mass is 16.5. The number of hydrogen-bond acceptors (Lipinski definition) is 5. The van der Waals surface area contributed by atoms with Crippen LogP contribution in [0.3, 0.4) is 0 Å². The molecule has 0 bridgehead atoms. The number of carboxylic acids is 1. The van der Waals surface area contributed by atoms with Gasteiger partial charge >= 0.3 is 12.1 Å². The summed E-state index contributed by atoms with van der Waals surface area (Å²) in [5.74, 6) is -0.995. The summed E-state index contributed by atoms with van der Waals surface area (Å²) in [4.78, 5) is 27.5. The van der Waals surface area contributed by atoms with Crippen LogP contribution in [0.4, 0.5) is 4.79 Å². The van der Waals surface area contributed by atoms with Crippen molar-refractivity contribution in [3.05, 3.63) is 65.0 Å². The molecular formula is C21H26N2O5. The number of pyridine rings is 1. The van der Waals surface area contributed by atoms with Crippen LogP contribution in [-0.4, -0.2) is 34.4 Å². The molecule has 0 unspecified atom stereocenters. The van der Waals surface area contributed by atoms with Gasteiger partial charge in [0, 0.05) is 18.7 Å². The van der Waals surface area contributed by atoms with Crippen molar-refractivity contribution >= 4 is 12.1 Å². The third-order valence-electron chi connectivity index (χ3n) is 3.86. The van der Waals surface area contributed by atoms with Crippen LogP contribution < -0.4 is 5.32 Å². The second-order valence-electron chi connectivity index (χ2n) is 6.74. The lowest BCUT2D eigenvalue weighted by Crippen LogP contribution is -2.29. The predicted octanol–water partition coefficient (Wildman–Crippen LogP) is 3.24. The monoisotopic (exact) mass is 386 g/mol. The third kappa shape index (κ3) is 7.36. The molecule has 1 heterocycles. The summed E-state index contributed by atoms with van der Waals surface area (Å²) in [6, 6.07) is 12.9. The summed E-state index contributed by atoms with van der Waals surface area (Å²) >= 11 is 0. The highest BCUT2D eigenvalue weighted by Gasteiger charge is 2.20. The van der Waals surface area contributed by atoms with Gasteiger partial charge in [0.25, 0.3) is 0 Å². The van der Waals surface area contributed by atoms with Crippen LogP contribution in [0.25, 0.3) is 0 Å². The van der Waals surface area contributed by atoms with Crippen LogP contribution in [0, 0.1) is 6.92 Å². The van der Waals surface area contributed by atoms with Crippen LogP contribution in [0.1, 0.15) is 36.4 Å². The standard InChI is InChI=1S/C21H26N2O5/c1-14(2)28-19(20(24)25)11-16-7-5-8-17(10-16)12-22-21(26)27-13-18-9-4-6-15(3)23-18/h4-10,14,19H,11-13H2,1-3H3,(H,22,26)(H,24,25)/t19-/m0/s1. The van der Waals surface area contributed by atoms with E-state index < -0.39 is 18.2 Å². The molecule has 150 valence electrons. The SMILES string of the molecule is Cc1cccc(COC(=O)NCc2cccc(C[C@H](OC(C)C)C(=O)O)c2)n1. The molecule has 2 N–H and O–H groups in total. The van der Waals surface area contributed by atoms with Gasteiger partial charge in [0.1, 0.15) is 6.61 Å². The van der Waals surface area contributed by atoms with E-state index >= 15 is 0 Å².